The van der Waals surface area contributed by atoms with Crippen LogP contribution in [0.25, 0.3) is 0 Å². The van der Waals surface area contributed by atoms with Gasteiger partial charge in [-0.15, -0.1) is 0 Å². The minimum atomic E-state index is -3.46. The molecule has 0 saturated heterocycles. The molecule has 0 aliphatic carbocycles. The van der Waals surface area contributed by atoms with Crippen LogP contribution < -0.4 is 0 Å². The molecule has 20 heavy (non-hydrogen) atoms. The molecule has 0 atom stereocenters. The van der Waals surface area contributed by atoms with Gasteiger partial charge in [-0.3, -0.25) is 4.79 Å². The second-order valence-electron chi connectivity index (χ2n) is 4.36. The van der Waals surface area contributed by atoms with Crippen molar-refractivity contribution in [3.63, 3.8) is 0 Å². The Morgan fingerprint density at radius 2 is 1.90 bits per heavy atom. The van der Waals surface area contributed by atoms with Gasteiger partial charge >= 0.3 is 5.97 Å². The molecular formula is C13H19NO4S2. The number of nitrogens with zero attached hydrogens (tertiary/aromatic N) is 1. The summed E-state index contributed by atoms with van der Waals surface area (Å²) in [4.78, 5) is 10.7. The number of thioether (sulfide) groups is 1. The van der Waals surface area contributed by atoms with Gasteiger partial charge in [-0.25, -0.2) is 12.7 Å². The summed E-state index contributed by atoms with van der Waals surface area (Å²) < 4.78 is 25.8. The van der Waals surface area contributed by atoms with Gasteiger partial charge in [0.1, 0.15) is 0 Å². The molecule has 0 unspecified atom stereocenters. The molecule has 0 saturated carbocycles. The first-order valence-corrected chi connectivity index (χ1v) is 8.97. The van der Waals surface area contributed by atoms with E-state index >= 15 is 0 Å². The number of hydrogen-bond acceptors (Lipinski definition) is 4. The van der Waals surface area contributed by atoms with Crippen molar-refractivity contribution in [3.8, 4) is 0 Å². The van der Waals surface area contributed by atoms with Gasteiger partial charge in [0.15, 0.2) is 0 Å². The van der Waals surface area contributed by atoms with Crippen molar-refractivity contribution in [2.24, 2.45) is 0 Å². The van der Waals surface area contributed by atoms with Crippen LogP contribution in [0, 0.1) is 0 Å². The fraction of sp³-hybridized carbons (Fsp3) is 0.462. The highest BCUT2D eigenvalue weighted by atomic mass is 32.2. The average molecular weight is 317 g/mol. The predicted octanol–water partition coefficient (Wildman–Crippen LogP) is 1.69. The quantitative estimate of drug-likeness (QED) is 0.789. The smallest absolute Gasteiger partial charge is 0.303 e. The normalized spacial score (nSPS) is 11.8. The molecule has 0 spiro atoms. The molecular weight excluding hydrogens is 298 g/mol. The minimum absolute atomic E-state index is 0.0414. The molecule has 0 aliphatic rings. The summed E-state index contributed by atoms with van der Waals surface area (Å²) in [6.45, 7) is 0.463. The number of sulfonamides is 1. The second-order valence-corrected chi connectivity index (χ2v) is 7.39. The Bertz CT molecular complexity index is 540. The maximum absolute atomic E-state index is 12.2. The van der Waals surface area contributed by atoms with E-state index in [4.69, 9.17) is 5.11 Å². The monoisotopic (exact) mass is 317 g/mol. The maximum atomic E-state index is 12.2. The van der Waals surface area contributed by atoms with Crippen molar-refractivity contribution >= 4 is 27.8 Å². The zero-order valence-electron chi connectivity index (χ0n) is 11.6. The predicted molar refractivity (Wildman–Crippen MR) is 80.6 cm³/mol. The molecule has 0 aliphatic heterocycles. The summed E-state index contributed by atoms with van der Waals surface area (Å²) in [5.74, 6) is -0.120. The molecule has 0 aromatic heterocycles. The number of carboxylic acids is 1. The van der Waals surface area contributed by atoms with Crippen molar-refractivity contribution < 1.29 is 18.3 Å². The molecule has 1 N–H and O–H groups in total. The molecule has 112 valence electrons. The van der Waals surface area contributed by atoms with Crippen LogP contribution in [0.5, 0.6) is 0 Å². The van der Waals surface area contributed by atoms with Crippen molar-refractivity contribution in [2.45, 2.75) is 17.7 Å². The van der Waals surface area contributed by atoms with Gasteiger partial charge in [-0.1, -0.05) is 12.1 Å². The average Bonchev–Trinajstić information content (AvgIpc) is 2.42. The highest BCUT2D eigenvalue weighted by Crippen LogP contribution is 2.16. The van der Waals surface area contributed by atoms with Gasteiger partial charge < -0.3 is 5.11 Å². The molecule has 7 heteroatoms. The van der Waals surface area contributed by atoms with E-state index in [1.807, 2.05) is 6.26 Å². The largest absolute Gasteiger partial charge is 0.481 e. The topological polar surface area (TPSA) is 74.7 Å². The summed E-state index contributed by atoms with van der Waals surface area (Å²) >= 11 is 1.59. The van der Waals surface area contributed by atoms with Gasteiger partial charge in [0.05, 0.1) is 4.90 Å². The first-order chi connectivity index (χ1) is 9.37. The number of carbonyl (C=O) groups is 1. The van der Waals surface area contributed by atoms with Crippen LogP contribution in [0.3, 0.4) is 0 Å². The molecule has 0 amide bonds. The zero-order valence-corrected chi connectivity index (χ0v) is 13.2. The number of benzene rings is 1. The summed E-state index contributed by atoms with van der Waals surface area (Å²) in [6, 6.07) is 6.39. The zero-order chi connectivity index (χ0) is 15.2. The maximum Gasteiger partial charge on any atom is 0.303 e. The van der Waals surface area contributed by atoms with E-state index in [9.17, 15) is 13.2 Å². The fourth-order valence-electron chi connectivity index (χ4n) is 1.60. The van der Waals surface area contributed by atoms with Crippen LogP contribution in [0.4, 0.5) is 0 Å². The Balaban J connectivity index is 2.78. The molecule has 5 nitrogen and oxygen atoms in total. The lowest BCUT2D eigenvalue weighted by molar-refractivity contribution is -0.136. The first-order valence-electron chi connectivity index (χ1n) is 6.14. The lowest BCUT2D eigenvalue weighted by atomic mass is 10.1. The van der Waals surface area contributed by atoms with Crippen molar-refractivity contribution in [1.29, 1.82) is 0 Å². The highest BCUT2D eigenvalue weighted by Gasteiger charge is 2.19. The Hall–Kier alpha value is -1.05. The van der Waals surface area contributed by atoms with Crippen LogP contribution in [0.2, 0.25) is 0 Å². The number of aliphatic carboxylic acids is 1. The third kappa shape index (κ3) is 4.81. The Morgan fingerprint density at radius 3 is 2.40 bits per heavy atom. The van der Waals surface area contributed by atoms with Crippen LogP contribution >= 0.6 is 11.8 Å². The number of carboxylic acid groups (broad SMARTS) is 1. The summed E-state index contributed by atoms with van der Waals surface area (Å²) in [7, 11) is -1.90. The van der Waals surface area contributed by atoms with Crippen LogP contribution in [0.15, 0.2) is 29.2 Å². The molecule has 0 fully saturated rings. The van der Waals surface area contributed by atoms with Gasteiger partial charge in [0.2, 0.25) is 10.0 Å². The van der Waals surface area contributed by atoms with Crippen molar-refractivity contribution in [2.75, 3.05) is 25.6 Å². The second kappa shape index (κ2) is 7.66. The van der Waals surface area contributed by atoms with E-state index in [2.05, 4.69) is 0 Å². The summed E-state index contributed by atoms with van der Waals surface area (Å²) in [5.41, 5.74) is 0.818. The van der Waals surface area contributed by atoms with E-state index in [1.165, 1.54) is 16.4 Å². The Kier molecular flexibility index (Phi) is 6.51. The Labute approximate surface area is 124 Å². The van der Waals surface area contributed by atoms with Crippen molar-refractivity contribution in [1.82, 2.24) is 4.31 Å². The lowest BCUT2D eigenvalue weighted by Crippen LogP contribution is -2.29. The van der Waals surface area contributed by atoms with Gasteiger partial charge in [0, 0.05) is 25.8 Å². The standard InChI is InChI=1S/C13H19NO4S2/c1-14(9-10-19-2)20(17,18)12-6-3-11(4-7-12)5-8-13(15)16/h3-4,6-7H,5,8-10H2,1-2H3,(H,15,16). The number of aryl methyl sites for hydroxylation is 1. The molecule has 1 rings (SSSR count). The van der Waals surface area contributed by atoms with Crippen molar-refractivity contribution in [3.05, 3.63) is 29.8 Å². The molecule has 0 bridgehead atoms. The van der Waals surface area contributed by atoms with E-state index in [0.717, 1.165) is 11.3 Å². The van der Waals surface area contributed by atoms with Gasteiger partial charge in [0.25, 0.3) is 0 Å². The van der Waals surface area contributed by atoms with Crippen LogP contribution in [-0.2, 0) is 21.2 Å². The lowest BCUT2D eigenvalue weighted by Gasteiger charge is -2.16. The summed E-state index contributed by atoms with van der Waals surface area (Å²) in [6.07, 6.45) is 2.37. The molecule has 1 aromatic rings. The summed E-state index contributed by atoms with van der Waals surface area (Å²) in [5, 5.41) is 8.61. The van der Waals surface area contributed by atoms with E-state index < -0.39 is 16.0 Å². The van der Waals surface area contributed by atoms with Gasteiger partial charge in [-0.05, 0) is 30.4 Å². The van der Waals surface area contributed by atoms with Crippen LogP contribution in [0.1, 0.15) is 12.0 Å². The SMILES string of the molecule is CSCCN(C)S(=O)(=O)c1ccc(CCC(=O)O)cc1. The van der Waals surface area contributed by atoms with Gasteiger partial charge in [-0.2, -0.15) is 11.8 Å². The third-order valence-corrected chi connectivity index (χ3v) is 5.33. The third-order valence-electron chi connectivity index (χ3n) is 2.87. The van der Waals surface area contributed by atoms with Crippen LogP contribution in [-0.4, -0.2) is 49.4 Å². The number of rotatable bonds is 8. The minimum Gasteiger partial charge on any atom is -0.481 e. The van der Waals surface area contributed by atoms with E-state index in [-0.39, 0.29) is 11.3 Å². The first kappa shape index (κ1) is 17.0. The molecule has 1 aromatic carbocycles. The highest BCUT2D eigenvalue weighted by molar-refractivity contribution is 7.98. The fourth-order valence-corrected chi connectivity index (χ4v) is 3.34. The molecule has 0 heterocycles. The number of hydrogen-bond donors (Lipinski definition) is 1. The van der Waals surface area contributed by atoms with E-state index in [1.54, 1.807) is 30.9 Å². The Morgan fingerprint density at radius 1 is 1.30 bits per heavy atom. The van der Waals surface area contributed by atoms with E-state index in [0.29, 0.717) is 13.0 Å². The molecule has 0 radical (unpaired) electrons.